The van der Waals surface area contributed by atoms with Crippen molar-refractivity contribution in [3.8, 4) is 0 Å². The molecule has 3 N–H and O–H groups in total. The van der Waals surface area contributed by atoms with Crippen LogP contribution in [0, 0.1) is 16.7 Å². The minimum atomic E-state index is -0.0149. The molecule has 0 aromatic heterocycles. The molecular weight excluding hydrogens is 457 g/mol. The van der Waals surface area contributed by atoms with Gasteiger partial charge >= 0.3 is 0 Å². The molecule has 0 radical (unpaired) electrons. The van der Waals surface area contributed by atoms with Gasteiger partial charge in [0.25, 0.3) is 0 Å². The first-order valence-corrected chi connectivity index (χ1v) is 10.2. The number of ether oxygens (including phenoxy) is 2. The Bertz CT molecular complexity index is 448. The second-order valence-corrected chi connectivity index (χ2v) is 8.91. The topological polar surface area (TPSA) is 75.1 Å². The van der Waals surface area contributed by atoms with E-state index in [1.165, 1.54) is 6.42 Å². The van der Waals surface area contributed by atoms with E-state index >= 15 is 0 Å². The quantitative estimate of drug-likeness (QED) is 0.287. The lowest BCUT2D eigenvalue weighted by Crippen LogP contribution is -2.47. The van der Waals surface area contributed by atoms with Crippen molar-refractivity contribution in [3.63, 3.8) is 0 Å². The first-order valence-electron chi connectivity index (χ1n) is 10.2. The molecule has 2 fully saturated rings. The van der Waals surface area contributed by atoms with Gasteiger partial charge in [-0.1, -0.05) is 20.8 Å². The third-order valence-electron chi connectivity index (χ3n) is 5.57. The summed E-state index contributed by atoms with van der Waals surface area (Å²) in [6, 6.07) is 0. The Balaban J connectivity index is 0.00000364. The molecule has 0 bridgehead atoms. The van der Waals surface area contributed by atoms with Crippen LogP contribution in [0.2, 0.25) is 0 Å². The Kier molecular flexibility index (Phi) is 10.9. The summed E-state index contributed by atoms with van der Waals surface area (Å²) < 4.78 is 11.7. The third-order valence-corrected chi connectivity index (χ3v) is 5.57. The monoisotopic (exact) mass is 497 g/mol. The van der Waals surface area contributed by atoms with Crippen LogP contribution >= 0.6 is 24.0 Å². The lowest BCUT2D eigenvalue weighted by atomic mass is 9.78. The van der Waals surface area contributed by atoms with Gasteiger partial charge in [0.05, 0.1) is 19.3 Å². The summed E-state index contributed by atoms with van der Waals surface area (Å²) in [4.78, 5) is 4.82. The highest BCUT2D eigenvalue weighted by atomic mass is 127. The van der Waals surface area contributed by atoms with Gasteiger partial charge in [0.2, 0.25) is 0 Å². The fraction of sp³-hybridized carbons (Fsp3) is 0.950. The molecule has 2 saturated heterocycles. The van der Waals surface area contributed by atoms with Gasteiger partial charge in [-0.25, -0.2) is 0 Å². The summed E-state index contributed by atoms with van der Waals surface area (Å²) in [6.07, 6.45) is 4.31. The van der Waals surface area contributed by atoms with Crippen LogP contribution in [0.5, 0.6) is 0 Å². The van der Waals surface area contributed by atoms with Crippen molar-refractivity contribution >= 4 is 29.9 Å². The van der Waals surface area contributed by atoms with Gasteiger partial charge in [-0.3, -0.25) is 4.99 Å². The van der Waals surface area contributed by atoms with Crippen LogP contribution in [0.25, 0.3) is 0 Å². The first-order chi connectivity index (χ1) is 12.4. The number of aliphatic imine (C=N–C) groups is 1. The number of nitrogens with one attached hydrogen (secondary N) is 2. The van der Waals surface area contributed by atoms with E-state index in [0.29, 0.717) is 19.1 Å². The van der Waals surface area contributed by atoms with Crippen molar-refractivity contribution in [2.45, 2.75) is 59.5 Å². The molecule has 27 heavy (non-hydrogen) atoms. The van der Waals surface area contributed by atoms with Crippen molar-refractivity contribution in [3.05, 3.63) is 0 Å². The number of nitrogens with zero attached hydrogens (tertiary/aromatic N) is 1. The molecule has 2 rings (SSSR count). The van der Waals surface area contributed by atoms with Crippen molar-refractivity contribution in [2.75, 3.05) is 46.1 Å². The van der Waals surface area contributed by atoms with Crippen LogP contribution in [0.3, 0.4) is 0 Å². The Morgan fingerprint density at radius 2 is 2.04 bits per heavy atom. The smallest absolute Gasteiger partial charge is 0.191 e. The Labute approximate surface area is 182 Å². The number of rotatable bonds is 7. The molecule has 0 spiro atoms. The van der Waals surface area contributed by atoms with E-state index in [2.05, 4.69) is 38.3 Å². The maximum atomic E-state index is 9.39. The first kappa shape index (κ1) is 24.9. The molecule has 7 heteroatoms. The number of aliphatic hydroxyl groups excluding tert-OH is 1. The SMILES string of the molecule is CCNC(=NCC1(CCO)CCOC1)NCC1CCCOC1C(C)(C)C.I. The zero-order valence-electron chi connectivity index (χ0n) is 17.6. The maximum absolute atomic E-state index is 9.39. The highest BCUT2D eigenvalue weighted by Gasteiger charge is 2.36. The van der Waals surface area contributed by atoms with Gasteiger partial charge in [0, 0.05) is 44.2 Å². The molecule has 2 aliphatic heterocycles. The van der Waals surface area contributed by atoms with E-state index in [-0.39, 0.29) is 47.5 Å². The fourth-order valence-electron chi connectivity index (χ4n) is 4.11. The van der Waals surface area contributed by atoms with Crippen LogP contribution < -0.4 is 10.6 Å². The van der Waals surface area contributed by atoms with E-state index in [1.807, 2.05) is 0 Å². The summed E-state index contributed by atoms with van der Waals surface area (Å²) in [6.45, 7) is 13.8. The van der Waals surface area contributed by atoms with Crippen molar-refractivity contribution < 1.29 is 14.6 Å². The van der Waals surface area contributed by atoms with Gasteiger partial charge < -0.3 is 25.2 Å². The molecule has 0 aliphatic carbocycles. The molecule has 3 unspecified atom stereocenters. The summed E-state index contributed by atoms with van der Waals surface area (Å²) in [7, 11) is 0. The van der Waals surface area contributed by atoms with Gasteiger partial charge in [-0.05, 0) is 38.0 Å². The molecule has 0 amide bonds. The number of guanidine groups is 1. The molecule has 160 valence electrons. The van der Waals surface area contributed by atoms with Crippen LogP contribution in [-0.2, 0) is 9.47 Å². The standard InChI is InChI=1S/C20H39N3O3.HI/c1-5-21-18(23-14-20(8-10-24)9-12-25-15-20)22-13-16-7-6-11-26-17(16)19(2,3)4;/h16-17,24H,5-15H2,1-4H3,(H2,21,22,23);1H. The highest BCUT2D eigenvalue weighted by molar-refractivity contribution is 14.0. The highest BCUT2D eigenvalue weighted by Crippen LogP contribution is 2.34. The lowest BCUT2D eigenvalue weighted by molar-refractivity contribution is -0.0835. The largest absolute Gasteiger partial charge is 0.396 e. The predicted molar refractivity (Wildman–Crippen MR) is 121 cm³/mol. The van der Waals surface area contributed by atoms with E-state index in [9.17, 15) is 5.11 Å². The van der Waals surface area contributed by atoms with Gasteiger partial charge in [-0.15, -0.1) is 24.0 Å². The zero-order chi connectivity index (χ0) is 19.0. The molecule has 0 aromatic carbocycles. The minimum Gasteiger partial charge on any atom is -0.396 e. The number of hydrogen-bond acceptors (Lipinski definition) is 4. The van der Waals surface area contributed by atoms with E-state index in [1.54, 1.807) is 0 Å². The molecule has 3 atom stereocenters. The van der Waals surface area contributed by atoms with Crippen molar-refractivity contribution in [2.24, 2.45) is 21.7 Å². The molecule has 2 aliphatic rings. The molecule has 0 saturated carbocycles. The summed E-state index contributed by atoms with van der Waals surface area (Å²) in [5.74, 6) is 1.35. The van der Waals surface area contributed by atoms with Gasteiger partial charge in [0.15, 0.2) is 5.96 Å². The second-order valence-electron chi connectivity index (χ2n) is 8.91. The minimum absolute atomic E-state index is 0. The number of hydrogen-bond donors (Lipinski definition) is 3. The van der Waals surface area contributed by atoms with Crippen LogP contribution in [0.1, 0.15) is 53.4 Å². The van der Waals surface area contributed by atoms with E-state index < -0.39 is 0 Å². The Morgan fingerprint density at radius 1 is 1.26 bits per heavy atom. The molecular formula is C20H40IN3O3. The van der Waals surface area contributed by atoms with Crippen LogP contribution in [0.4, 0.5) is 0 Å². The van der Waals surface area contributed by atoms with Crippen LogP contribution in [-0.4, -0.2) is 63.2 Å². The van der Waals surface area contributed by atoms with E-state index in [4.69, 9.17) is 14.5 Å². The molecule has 6 nitrogen and oxygen atoms in total. The van der Waals surface area contributed by atoms with E-state index in [0.717, 1.165) is 51.5 Å². The summed E-state index contributed by atoms with van der Waals surface area (Å²) in [5.41, 5.74) is 0.133. The average molecular weight is 497 g/mol. The van der Waals surface area contributed by atoms with Crippen molar-refractivity contribution in [1.29, 1.82) is 0 Å². The Morgan fingerprint density at radius 3 is 2.63 bits per heavy atom. The fourth-order valence-corrected chi connectivity index (χ4v) is 4.11. The normalized spacial score (nSPS) is 29.3. The summed E-state index contributed by atoms with van der Waals surface area (Å²) >= 11 is 0. The van der Waals surface area contributed by atoms with Crippen molar-refractivity contribution in [1.82, 2.24) is 10.6 Å². The third kappa shape index (κ3) is 7.66. The van der Waals surface area contributed by atoms with Gasteiger partial charge in [0.1, 0.15) is 0 Å². The maximum Gasteiger partial charge on any atom is 0.191 e. The van der Waals surface area contributed by atoms with Crippen LogP contribution in [0.15, 0.2) is 4.99 Å². The number of aliphatic hydroxyl groups is 1. The number of halogens is 1. The second kappa shape index (κ2) is 11.8. The Hall–Kier alpha value is -0.120. The lowest BCUT2D eigenvalue weighted by Gasteiger charge is -2.40. The molecule has 2 heterocycles. The summed E-state index contributed by atoms with van der Waals surface area (Å²) in [5, 5.41) is 16.3. The predicted octanol–water partition coefficient (Wildman–Crippen LogP) is 2.79. The van der Waals surface area contributed by atoms with Gasteiger partial charge in [-0.2, -0.15) is 0 Å². The molecule has 0 aromatic rings. The zero-order valence-corrected chi connectivity index (χ0v) is 19.9. The average Bonchev–Trinajstić information content (AvgIpc) is 3.06.